The van der Waals surface area contributed by atoms with Crippen molar-refractivity contribution in [1.82, 2.24) is 64.9 Å². The smallest absolute Gasteiger partial charge is 1.00 e. The Labute approximate surface area is 932 Å². The van der Waals surface area contributed by atoms with Gasteiger partial charge >= 0.3 is 112 Å². The molecule has 5 aliphatic carbocycles. The number of benzene rings is 2. The summed E-state index contributed by atoms with van der Waals surface area (Å²) in [6.45, 7) is 25.3. The minimum Gasteiger partial charge on any atom is -1.00 e. The van der Waals surface area contributed by atoms with Crippen molar-refractivity contribution in [3.63, 3.8) is 0 Å². The molecule has 6 aromatic rings. The number of amides is 3. The molecule has 0 bridgehead atoms. The van der Waals surface area contributed by atoms with Crippen molar-refractivity contribution in [2.75, 3.05) is 152 Å². The molecule has 6 aliphatic rings. The van der Waals surface area contributed by atoms with Crippen LogP contribution in [-0.4, -0.2) is 335 Å². The number of halogens is 3. The third kappa shape index (κ3) is 55.3. The molecule has 0 atom stereocenters. The minimum atomic E-state index is -1.06. The fourth-order valence-electron chi connectivity index (χ4n) is 16.6. The van der Waals surface area contributed by atoms with Crippen molar-refractivity contribution in [1.29, 1.82) is 0 Å². The van der Waals surface area contributed by atoms with Crippen LogP contribution in [0.5, 0.6) is 0 Å². The minimum absolute atomic E-state index is 0. The number of anilines is 1. The predicted octanol–water partition coefficient (Wildman–Crippen LogP) is 12.4. The van der Waals surface area contributed by atoms with Crippen LogP contribution in [0.2, 0.25) is 5.15 Å². The number of carbonyl (C=O) groups is 5. The number of aliphatic hydroxyl groups is 5. The predicted molar refractivity (Wildman–Crippen MR) is 566 cm³/mol. The molecule has 1 aliphatic heterocycles. The van der Waals surface area contributed by atoms with Crippen molar-refractivity contribution >= 4 is 126 Å². The molecule has 0 spiro atoms. The van der Waals surface area contributed by atoms with Gasteiger partial charge in [-0.15, -0.1) is 35.1 Å². The van der Waals surface area contributed by atoms with E-state index in [1.165, 1.54) is 67.4 Å². The van der Waals surface area contributed by atoms with Gasteiger partial charge in [0.05, 0.1) is 38.4 Å². The summed E-state index contributed by atoms with van der Waals surface area (Å²) in [4.78, 5) is 97.4. The van der Waals surface area contributed by atoms with E-state index in [2.05, 4.69) is 184 Å². The zero-order valence-corrected chi connectivity index (χ0v) is 98.7. The molecule has 2 aromatic carbocycles. The molecule has 31 nitrogen and oxygen atoms in total. The number of fused-ring (bicyclic) bond motifs is 2. The number of rotatable bonds is 26. The molecular formula is C101H173Cl2IKN14NaO17S2. The van der Waals surface area contributed by atoms with Crippen molar-refractivity contribution in [2.24, 2.45) is 0 Å². The van der Waals surface area contributed by atoms with E-state index in [1.807, 2.05) is 81.4 Å². The van der Waals surface area contributed by atoms with E-state index < -0.39 is 29.1 Å². The second-order valence-electron chi connectivity index (χ2n) is 39.1. The maximum absolute atomic E-state index is 12.4. The summed E-state index contributed by atoms with van der Waals surface area (Å²) in [5, 5.41) is 53.6. The zero-order valence-electron chi connectivity index (χ0n) is 90.2. The fourth-order valence-corrected chi connectivity index (χ4v) is 18.7. The average molecular weight is 2180 g/mol. The van der Waals surface area contributed by atoms with E-state index in [9.17, 15) is 39.3 Å². The number of hydrogen-bond acceptors (Lipinski definition) is 30. The van der Waals surface area contributed by atoms with Gasteiger partial charge in [-0.25, -0.2) is 43.9 Å². The van der Waals surface area contributed by atoms with Crippen molar-refractivity contribution in [2.45, 2.75) is 321 Å². The summed E-state index contributed by atoms with van der Waals surface area (Å²) >= 11 is 11.4. The van der Waals surface area contributed by atoms with Crippen LogP contribution in [0.3, 0.4) is 0 Å². The number of aryl methyl sites for hydroxylation is 2. The zero-order chi connectivity index (χ0) is 101. The molecule has 0 unspecified atom stereocenters. The number of nitrogens with zero attached hydrogens (tertiary/aromatic N) is 12. The van der Waals surface area contributed by atoms with Crippen LogP contribution in [0.15, 0.2) is 85.5 Å². The summed E-state index contributed by atoms with van der Waals surface area (Å²) in [7, 11) is 21.3. The molecule has 7 N–H and O–H groups in total. The van der Waals surface area contributed by atoms with Gasteiger partial charge in [-0.2, -0.15) is 0 Å². The van der Waals surface area contributed by atoms with Gasteiger partial charge in [0, 0.05) is 119 Å². The van der Waals surface area contributed by atoms with Crippen LogP contribution in [-0.2, 0) is 59.2 Å². The molecule has 1 saturated heterocycles. The Hall–Kier alpha value is -3.66. The summed E-state index contributed by atoms with van der Waals surface area (Å²) in [5.41, 5.74) is 0.101. The molecule has 4 aromatic heterocycles. The number of alkyl halides is 1. The van der Waals surface area contributed by atoms with Crippen LogP contribution in [0.25, 0.3) is 20.4 Å². The molecule has 784 valence electrons. The first-order chi connectivity index (χ1) is 64.6. The Bertz CT molecular complexity index is 4200. The summed E-state index contributed by atoms with van der Waals surface area (Å²) < 4.78 is 35.7. The molecule has 139 heavy (non-hydrogen) atoms. The van der Waals surface area contributed by atoms with Gasteiger partial charge in [0.1, 0.15) is 63.3 Å². The van der Waals surface area contributed by atoms with Crippen molar-refractivity contribution < 1.29 is 166 Å². The normalized spacial score (nSPS) is 19.9. The summed E-state index contributed by atoms with van der Waals surface area (Å²) in [6.07, 6.45) is 27.0. The largest absolute Gasteiger partial charge is 1.00 e. The number of thiophene rings is 2. The number of ether oxygens (including phenoxy) is 7. The maximum atomic E-state index is 12.4. The molecular weight excluding hydrogens is 2010 g/mol. The Morgan fingerprint density at radius 3 is 1.17 bits per heavy atom. The van der Waals surface area contributed by atoms with Crippen LogP contribution < -0.4 is 96.5 Å². The van der Waals surface area contributed by atoms with E-state index >= 15 is 0 Å². The van der Waals surface area contributed by atoms with E-state index in [4.69, 9.17) is 50.2 Å². The Kier molecular flexibility index (Phi) is 70.5. The number of carbonyl (C=O) groups excluding carboxylic acids is 5. The Morgan fingerprint density at radius 1 is 0.468 bits per heavy atom. The van der Waals surface area contributed by atoms with Crippen molar-refractivity contribution in [3.8, 4) is 0 Å². The number of hydrogen-bond donors (Lipinski definition) is 7. The van der Waals surface area contributed by atoms with Crippen LogP contribution >= 0.6 is 69.3 Å². The topological polar surface area (TPSA) is 353 Å². The number of aromatic nitrogens is 4. The van der Waals surface area contributed by atoms with Gasteiger partial charge in [-0.05, 0) is 310 Å². The molecule has 5 heterocycles. The van der Waals surface area contributed by atoms with Gasteiger partial charge in [0.2, 0.25) is 0 Å². The van der Waals surface area contributed by atoms with Gasteiger partial charge in [0.25, 0.3) is 0 Å². The van der Waals surface area contributed by atoms with E-state index in [1.54, 1.807) is 80.3 Å². The van der Waals surface area contributed by atoms with Crippen LogP contribution in [0, 0.1) is 0 Å². The van der Waals surface area contributed by atoms with Gasteiger partial charge in [0.15, 0.2) is 0 Å². The number of alkyl carbamates (subject to hydrolysis) is 1. The van der Waals surface area contributed by atoms with E-state index in [-0.39, 0.29) is 166 Å². The van der Waals surface area contributed by atoms with Crippen LogP contribution in [0.1, 0.15) is 241 Å². The molecule has 3 amide bonds. The SMILES string of the molecule is C1CCOC1.CC(C)(C)OC(=O)OC(=O)OC(C)(C)C.CCc1cc2c(Cl)ncnc2s1.CCc1cc2c(N(CCO)C3CCC(N(C)C)CC3)ncnc2s1.CN(C)C1CCC(N(CCO)C(=O)OC(C)(C)C)CC1.CN(C)C1CCC(N(CCO)C(=O)OCc2ccccc2)CC1.CN(C)C1CCC(NC(=O)OCc2ccccc2)CC1.CN(C)C1CCC(NCCO)CC1.Cl.OCCI.[H-].[H-].[K+].[Na+]. The van der Waals surface area contributed by atoms with Crippen molar-refractivity contribution in [3.05, 3.63) is 111 Å². The maximum Gasteiger partial charge on any atom is 1.00 e. The standard InChI is InChI=1S/C18H28N4OS.C18H28N2O3.C16H24N2O2.C15H30N2O3.C10H22N2O.C10H18O5.C8H7ClN2S.C4H8O.C2H5IO.ClH.K.Na.2H/c1-4-15-11-16-17(19-12-20-18(16)24-15)22(9-10-23)14-7-5-13(6-8-14)21(2)3;1-19(2)16-8-10-17(11-9-16)20(12-13-21)18(22)23-14-15-6-4-3-5-7-15;1-18(2)15-10-8-14(9-11-15)17-16(19)20-12-13-6-4-3-5-7-13;1-15(2,3)20-14(19)17(10-11-18)13-8-6-12(7-9-13)16(4)5;1-12(2)10-5-3-9(4-6-10)11-7-8-13;1-9(2,3)14-7(11)13-8(12)15-10(4,5)6;1-2-5-3-6-7(9)10-4-11-8(6)12-5;1-2-4-5-3-1;3-1-2-4;;;;;/h11-14,23H,4-10H2,1-3H3;3-7,16-17,21H,8-14H2,1-2H3;3-7,14-15H,8-12H2,1-2H3,(H,17,19);12-13,18H,6-11H2,1-5H3;9-11,13H,3-8H2,1-2H3;1-6H3;3-4H,2H2,1H3;1-4H2;4H,1-2H2;1H;;;;/q;;;;;;;;;;2*+1;2*-1. The van der Waals surface area contributed by atoms with Gasteiger partial charge in [-0.1, -0.05) is 109 Å². The molecule has 6 fully saturated rings. The van der Waals surface area contributed by atoms with Gasteiger partial charge < -0.3 is 111 Å². The number of aliphatic hydroxyl groups excluding tert-OH is 5. The van der Waals surface area contributed by atoms with Crippen LogP contribution in [0.4, 0.5) is 29.8 Å². The van der Waals surface area contributed by atoms with E-state index in [0.717, 1.165) is 170 Å². The average Bonchev–Trinajstić information content (AvgIpc) is 1.67. The molecule has 38 heteroatoms. The first-order valence-corrected chi connectivity index (χ1v) is 52.3. The van der Waals surface area contributed by atoms with Gasteiger partial charge in [-0.3, -0.25) is 0 Å². The summed E-state index contributed by atoms with van der Waals surface area (Å²) in [5.74, 6) is 0.998. The third-order valence-corrected chi connectivity index (χ3v) is 27.2. The fraction of sp³-hybridized carbons (Fsp3) is 0.713. The second-order valence-corrected chi connectivity index (χ2v) is 42.7. The first kappa shape index (κ1) is 133. The molecule has 12 rings (SSSR count). The molecule has 5 saturated carbocycles. The Balaban J connectivity index is 0. The first-order valence-electron chi connectivity index (χ1n) is 48.8. The third-order valence-electron chi connectivity index (χ3n) is 24.1. The van der Waals surface area contributed by atoms with E-state index in [0.29, 0.717) is 74.3 Å². The second kappa shape index (κ2) is 73.4. The monoisotopic (exact) mass is 2180 g/mol. The molecule has 0 radical (unpaired) electrons. The Morgan fingerprint density at radius 2 is 0.820 bits per heavy atom. The quantitative estimate of drug-likeness (QED) is 0.00504. The number of nitrogens with one attached hydrogen (secondary N) is 2. The summed E-state index contributed by atoms with van der Waals surface area (Å²) in [6, 6.07) is 28.7.